The molecule has 0 bridgehead atoms. The topological polar surface area (TPSA) is 49.9 Å². The van der Waals surface area contributed by atoms with Gasteiger partial charge in [-0.25, -0.2) is 0 Å². The van der Waals surface area contributed by atoms with Crippen molar-refractivity contribution in [1.29, 1.82) is 0 Å². The fraction of sp³-hybridized carbons (Fsp3) is 0.231. The van der Waals surface area contributed by atoms with Gasteiger partial charge in [-0.3, -0.25) is 14.5 Å². The van der Waals surface area contributed by atoms with Crippen LogP contribution in [0.5, 0.6) is 5.75 Å². The van der Waals surface area contributed by atoms with Gasteiger partial charge >= 0.3 is 0 Å². The van der Waals surface area contributed by atoms with Crippen LogP contribution in [0.25, 0.3) is 0 Å². The molecule has 5 rings (SSSR count). The molecule has 0 radical (unpaired) electrons. The second-order valence-electron chi connectivity index (χ2n) is 8.27. The highest BCUT2D eigenvalue weighted by molar-refractivity contribution is 8.02. The summed E-state index contributed by atoms with van der Waals surface area (Å²) in [6.45, 7) is 4.43. The molecule has 3 aromatic carbocycles. The number of hydrogen-bond donors (Lipinski definition) is 0. The van der Waals surface area contributed by atoms with Crippen molar-refractivity contribution in [1.82, 2.24) is 0 Å². The second-order valence-corrected chi connectivity index (χ2v) is 9.44. The van der Waals surface area contributed by atoms with Crippen LogP contribution in [0.2, 0.25) is 0 Å². The summed E-state index contributed by atoms with van der Waals surface area (Å²) in [5.41, 5.74) is 5.57. The fourth-order valence-electron chi connectivity index (χ4n) is 4.75. The standard InChI is InChI=1S/C26H24N2O3S/c1-17-11-18(2)13-20(12-17)28-24(29)16-32-26(28)22-9-4-5-10-23(22)27(25(26)30)15-19-7-6-8-21(14-19)31-3/h4-14H,15-16H2,1-3H3/t26-/m0/s1. The van der Waals surface area contributed by atoms with Crippen molar-refractivity contribution in [2.75, 3.05) is 22.7 Å². The van der Waals surface area contributed by atoms with Gasteiger partial charge in [-0.2, -0.15) is 0 Å². The molecule has 1 saturated heterocycles. The molecule has 1 spiro atoms. The number of hydrogen-bond acceptors (Lipinski definition) is 4. The zero-order valence-electron chi connectivity index (χ0n) is 18.3. The van der Waals surface area contributed by atoms with Crippen LogP contribution in [0.1, 0.15) is 22.3 Å². The van der Waals surface area contributed by atoms with Crippen molar-refractivity contribution < 1.29 is 14.3 Å². The van der Waals surface area contributed by atoms with E-state index in [4.69, 9.17) is 4.74 Å². The Balaban J connectivity index is 1.64. The number of carbonyl (C=O) groups is 2. The summed E-state index contributed by atoms with van der Waals surface area (Å²) in [7, 11) is 1.63. The third kappa shape index (κ3) is 3.09. The number of aryl methyl sites for hydroxylation is 2. The highest BCUT2D eigenvalue weighted by atomic mass is 32.2. The summed E-state index contributed by atoms with van der Waals surface area (Å²) >= 11 is 1.41. The van der Waals surface area contributed by atoms with Crippen LogP contribution in [0.3, 0.4) is 0 Å². The van der Waals surface area contributed by atoms with Crippen molar-refractivity contribution in [2.45, 2.75) is 25.3 Å². The summed E-state index contributed by atoms with van der Waals surface area (Å²) in [6.07, 6.45) is 0. The molecule has 0 aromatic heterocycles. The molecule has 5 nitrogen and oxygen atoms in total. The minimum Gasteiger partial charge on any atom is -0.497 e. The maximum Gasteiger partial charge on any atom is 0.269 e. The van der Waals surface area contributed by atoms with Crippen LogP contribution >= 0.6 is 11.8 Å². The minimum absolute atomic E-state index is 0.0496. The van der Waals surface area contributed by atoms with E-state index in [-0.39, 0.29) is 17.6 Å². The van der Waals surface area contributed by atoms with Crippen LogP contribution < -0.4 is 14.5 Å². The average molecular weight is 445 g/mol. The molecule has 2 aliphatic rings. The SMILES string of the molecule is COc1cccc(CN2C(=O)[C@@]3(SCC(=O)N3c3cc(C)cc(C)c3)c3ccccc32)c1. The molecule has 2 aliphatic heterocycles. The highest BCUT2D eigenvalue weighted by Gasteiger charge is 2.60. The first-order valence-electron chi connectivity index (χ1n) is 10.5. The first kappa shape index (κ1) is 20.6. The van der Waals surface area contributed by atoms with Crippen molar-refractivity contribution in [2.24, 2.45) is 0 Å². The smallest absolute Gasteiger partial charge is 0.269 e. The molecule has 0 unspecified atom stereocenters. The zero-order chi connectivity index (χ0) is 22.5. The Morgan fingerprint density at radius 3 is 2.47 bits per heavy atom. The Labute approximate surface area is 192 Å². The van der Waals surface area contributed by atoms with E-state index in [0.717, 1.165) is 39.4 Å². The van der Waals surface area contributed by atoms with E-state index < -0.39 is 4.87 Å². The number of nitrogens with zero attached hydrogens (tertiary/aromatic N) is 2. The molecule has 2 heterocycles. The van der Waals surface area contributed by atoms with Gasteiger partial charge < -0.3 is 9.64 Å². The number of ether oxygens (including phenoxy) is 1. The van der Waals surface area contributed by atoms with E-state index in [2.05, 4.69) is 6.07 Å². The number of amides is 2. The van der Waals surface area contributed by atoms with E-state index in [1.165, 1.54) is 11.8 Å². The number of fused-ring (bicyclic) bond motifs is 2. The van der Waals surface area contributed by atoms with Gasteiger partial charge in [-0.15, -0.1) is 11.8 Å². The molecule has 1 atom stereocenters. The molecule has 1 fully saturated rings. The Kier molecular flexibility index (Phi) is 4.97. The van der Waals surface area contributed by atoms with E-state index in [1.54, 1.807) is 16.9 Å². The molecular formula is C26H24N2O3S. The van der Waals surface area contributed by atoms with Crippen LogP contribution in [-0.4, -0.2) is 24.7 Å². The lowest BCUT2D eigenvalue weighted by molar-refractivity contribution is -0.123. The van der Waals surface area contributed by atoms with Gasteiger partial charge in [-0.05, 0) is 60.9 Å². The zero-order valence-corrected chi connectivity index (χ0v) is 19.1. The van der Waals surface area contributed by atoms with Crippen LogP contribution in [0.15, 0.2) is 66.7 Å². The normalized spacial score (nSPS) is 19.7. The Hall–Kier alpha value is -3.25. The Bertz CT molecular complexity index is 1220. The number of para-hydroxylation sites is 1. The number of thioether (sulfide) groups is 1. The lowest BCUT2D eigenvalue weighted by Crippen LogP contribution is -2.49. The predicted octanol–water partition coefficient (Wildman–Crippen LogP) is 4.79. The van der Waals surface area contributed by atoms with Gasteiger partial charge in [0.2, 0.25) is 10.8 Å². The largest absolute Gasteiger partial charge is 0.497 e. The first-order chi connectivity index (χ1) is 15.4. The van der Waals surface area contributed by atoms with Gasteiger partial charge in [0.05, 0.1) is 25.1 Å². The van der Waals surface area contributed by atoms with Crippen molar-refractivity contribution >= 4 is 35.0 Å². The van der Waals surface area contributed by atoms with E-state index in [0.29, 0.717) is 6.54 Å². The number of methoxy groups -OCH3 is 1. The van der Waals surface area contributed by atoms with Gasteiger partial charge in [0.25, 0.3) is 5.91 Å². The highest BCUT2D eigenvalue weighted by Crippen LogP contribution is 2.56. The molecular weight excluding hydrogens is 420 g/mol. The molecule has 32 heavy (non-hydrogen) atoms. The Morgan fingerprint density at radius 2 is 1.72 bits per heavy atom. The van der Waals surface area contributed by atoms with E-state index >= 15 is 0 Å². The van der Waals surface area contributed by atoms with Crippen LogP contribution in [-0.2, 0) is 21.0 Å². The predicted molar refractivity (Wildman–Crippen MR) is 128 cm³/mol. The summed E-state index contributed by atoms with van der Waals surface area (Å²) in [6, 6.07) is 21.6. The minimum atomic E-state index is -1.09. The fourth-order valence-corrected chi connectivity index (χ4v) is 6.11. The monoisotopic (exact) mass is 444 g/mol. The number of benzene rings is 3. The van der Waals surface area contributed by atoms with Crippen LogP contribution in [0, 0.1) is 13.8 Å². The van der Waals surface area contributed by atoms with Gasteiger partial charge in [0, 0.05) is 11.3 Å². The average Bonchev–Trinajstić information content (AvgIpc) is 3.24. The number of anilines is 2. The summed E-state index contributed by atoms with van der Waals surface area (Å²) in [5.74, 6) is 0.877. The molecule has 0 N–H and O–H groups in total. The quantitative estimate of drug-likeness (QED) is 0.581. The summed E-state index contributed by atoms with van der Waals surface area (Å²) in [5, 5.41) is 0. The van der Waals surface area contributed by atoms with Crippen molar-refractivity contribution in [3.8, 4) is 5.75 Å². The van der Waals surface area contributed by atoms with Gasteiger partial charge in [0.15, 0.2) is 0 Å². The molecule has 2 amide bonds. The molecule has 6 heteroatoms. The molecule has 0 aliphatic carbocycles. The first-order valence-corrected chi connectivity index (χ1v) is 11.5. The third-order valence-corrected chi connectivity index (χ3v) is 7.39. The molecule has 0 saturated carbocycles. The lowest BCUT2D eigenvalue weighted by Gasteiger charge is -2.33. The second kappa shape index (κ2) is 7.71. The maximum atomic E-state index is 14.1. The molecule has 162 valence electrons. The van der Waals surface area contributed by atoms with Gasteiger partial charge in [-0.1, -0.05) is 36.4 Å². The van der Waals surface area contributed by atoms with Crippen molar-refractivity contribution in [3.05, 3.63) is 89.0 Å². The summed E-state index contributed by atoms with van der Waals surface area (Å²) in [4.78, 5) is 29.7. The number of rotatable bonds is 4. The molecule has 3 aromatic rings. The van der Waals surface area contributed by atoms with Crippen LogP contribution in [0.4, 0.5) is 11.4 Å². The number of carbonyl (C=O) groups excluding carboxylic acids is 2. The lowest BCUT2D eigenvalue weighted by atomic mass is 10.0. The maximum absolute atomic E-state index is 14.1. The third-order valence-electron chi connectivity index (χ3n) is 6.00. The van der Waals surface area contributed by atoms with E-state index in [1.807, 2.05) is 74.5 Å². The summed E-state index contributed by atoms with van der Waals surface area (Å²) < 4.78 is 5.36. The van der Waals surface area contributed by atoms with E-state index in [9.17, 15) is 9.59 Å². The Morgan fingerprint density at radius 1 is 0.969 bits per heavy atom. The van der Waals surface area contributed by atoms with Gasteiger partial charge in [0.1, 0.15) is 5.75 Å². The van der Waals surface area contributed by atoms with Crippen molar-refractivity contribution in [3.63, 3.8) is 0 Å².